The lowest BCUT2D eigenvalue weighted by molar-refractivity contribution is 0.208. The van der Waals surface area contributed by atoms with Crippen LogP contribution in [0, 0.1) is 23.3 Å². The fraction of sp³-hybridized carbons (Fsp3) is 0.143. The second-order valence-corrected chi connectivity index (χ2v) is 5.33. The van der Waals surface area contributed by atoms with Gasteiger partial charge in [-0.15, -0.1) is 0 Å². The van der Waals surface area contributed by atoms with E-state index in [2.05, 4.69) is 0 Å². The smallest absolute Gasteiger partial charge is 0.306 e. The molecule has 0 N–H and O–H groups in total. The van der Waals surface area contributed by atoms with E-state index < -0.39 is 44.7 Å². The molecule has 2 aromatic carbocycles. The molecule has 0 aliphatic heterocycles. The average molecular weight is 334 g/mol. The highest BCUT2D eigenvalue weighted by molar-refractivity contribution is 7.33. The number of rotatable bonds is 6. The van der Waals surface area contributed by atoms with Crippen molar-refractivity contribution in [3.05, 3.63) is 70.8 Å². The van der Waals surface area contributed by atoms with Crippen LogP contribution in [0.25, 0.3) is 0 Å². The van der Waals surface area contributed by atoms with Gasteiger partial charge in [-0.3, -0.25) is 4.57 Å². The molecule has 118 valence electrons. The molecular formula is C14H11F4O3P. The number of benzene rings is 2. The van der Waals surface area contributed by atoms with Crippen LogP contribution in [0.1, 0.15) is 11.1 Å². The molecule has 3 nitrogen and oxygen atoms in total. The van der Waals surface area contributed by atoms with E-state index in [9.17, 15) is 22.1 Å². The predicted molar refractivity (Wildman–Crippen MR) is 71.3 cm³/mol. The molecule has 2 aromatic rings. The molecule has 0 spiro atoms. The van der Waals surface area contributed by atoms with Crippen LogP contribution in [0.2, 0.25) is 0 Å². The van der Waals surface area contributed by atoms with Gasteiger partial charge in [-0.1, -0.05) is 24.3 Å². The molecule has 0 unspecified atom stereocenters. The Bertz CT molecular complexity index is 636. The molecule has 0 radical (unpaired) electrons. The van der Waals surface area contributed by atoms with Gasteiger partial charge in [-0.2, -0.15) is 0 Å². The summed E-state index contributed by atoms with van der Waals surface area (Å²) in [6, 6.07) is 6.95. The van der Waals surface area contributed by atoms with Crippen LogP contribution in [0.4, 0.5) is 17.6 Å². The predicted octanol–water partition coefficient (Wildman–Crippen LogP) is 4.37. The van der Waals surface area contributed by atoms with Gasteiger partial charge in [-0.05, 0) is 12.1 Å². The molecule has 0 saturated carbocycles. The first kappa shape index (κ1) is 16.7. The van der Waals surface area contributed by atoms with E-state index in [1.54, 1.807) is 0 Å². The summed E-state index contributed by atoms with van der Waals surface area (Å²) in [5, 5.41) is 0. The van der Waals surface area contributed by atoms with E-state index in [4.69, 9.17) is 9.05 Å². The van der Waals surface area contributed by atoms with Crippen LogP contribution in [0.5, 0.6) is 0 Å². The van der Waals surface area contributed by atoms with E-state index >= 15 is 0 Å². The SMILES string of the molecule is O=[PH](OCc1cccc(F)c1F)OCc1cccc(F)c1F. The van der Waals surface area contributed by atoms with Gasteiger partial charge in [0.05, 0.1) is 13.2 Å². The van der Waals surface area contributed by atoms with Gasteiger partial charge >= 0.3 is 8.25 Å². The van der Waals surface area contributed by atoms with Crippen molar-refractivity contribution in [2.45, 2.75) is 13.2 Å². The van der Waals surface area contributed by atoms with Crippen LogP contribution in [0.15, 0.2) is 36.4 Å². The molecule has 0 amide bonds. The molecule has 0 heterocycles. The first-order valence-electron chi connectivity index (χ1n) is 6.14. The Morgan fingerprint density at radius 3 is 1.59 bits per heavy atom. The Balaban J connectivity index is 1.88. The molecule has 8 heteroatoms. The topological polar surface area (TPSA) is 35.5 Å². The third-order valence-corrected chi connectivity index (χ3v) is 3.51. The Morgan fingerprint density at radius 2 is 1.18 bits per heavy atom. The van der Waals surface area contributed by atoms with Crippen molar-refractivity contribution < 1.29 is 31.2 Å². The molecule has 2 rings (SSSR count). The Labute approximate surface area is 124 Å². The van der Waals surface area contributed by atoms with E-state index in [1.165, 1.54) is 24.3 Å². The zero-order valence-electron chi connectivity index (χ0n) is 11.1. The van der Waals surface area contributed by atoms with E-state index in [0.717, 1.165) is 12.1 Å². The van der Waals surface area contributed by atoms with Crippen molar-refractivity contribution in [2.24, 2.45) is 0 Å². The minimum atomic E-state index is -3.07. The van der Waals surface area contributed by atoms with Crippen LogP contribution in [0.3, 0.4) is 0 Å². The summed E-state index contributed by atoms with van der Waals surface area (Å²) < 4.78 is 73.5. The summed E-state index contributed by atoms with van der Waals surface area (Å²) in [6.45, 7) is -0.931. The lowest BCUT2D eigenvalue weighted by Gasteiger charge is -2.08. The first-order chi connectivity index (χ1) is 10.5. The molecule has 0 atom stereocenters. The molecule has 0 aliphatic carbocycles. The van der Waals surface area contributed by atoms with Crippen molar-refractivity contribution in [3.8, 4) is 0 Å². The molecule has 0 aliphatic rings. The van der Waals surface area contributed by atoms with Crippen LogP contribution in [-0.2, 0) is 26.8 Å². The Morgan fingerprint density at radius 1 is 0.773 bits per heavy atom. The van der Waals surface area contributed by atoms with Crippen LogP contribution < -0.4 is 0 Å². The van der Waals surface area contributed by atoms with Gasteiger partial charge in [0.1, 0.15) is 0 Å². The minimum absolute atomic E-state index is 0.126. The fourth-order valence-corrected chi connectivity index (χ4v) is 2.26. The van der Waals surface area contributed by atoms with Gasteiger partial charge in [0.25, 0.3) is 0 Å². The molecule has 22 heavy (non-hydrogen) atoms. The lowest BCUT2D eigenvalue weighted by Crippen LogP contribution is -1.97. The van der Waals surface area contributed by atoms with Crippen LogP contribution in [-0.4, -0.2) is 0 Å². The third kappa shape index (κ3) is 4.16. The zero-order valence-corrected chi connectivity index (χ0v) is 12.1. The molecule has 0 fully saturated rings. The van der Waals surface area contributed by atoms with Gasteiger partial charge in [0, 0.05) is 11.1 Å². The van der Waals surface area contributed by atoms with Crippen molar-refractivity contribution in [1.29, 1.82) is 0 Å². The fourth-order valence-electron chi connectivity index (χ4n) is 1.63. The summed E-state index contributed by atoms with van der Waals surface area (Å²) >= 11 is 0. The van der Waals surface area contributed by atoms with Crippen molar-refractivity contribution >= 4 is 8.25 Å². The van der Waals surface area contributed by atoms with Gasteiger partial charge in [0.15, 0.2) is 23.3 Å². The summed E-state index contributed by atoms with van der Waals surface area (Å²) in [5.74, 6) is -4.31. The highest BCUT2D eigenvalue weighted by Crippen LogP contribution is 2.29. The summed E-state index contributed by atoms with van der Waals surface area (Å²) in [5.41, 5.74) is -0.252. The molecular weight excluding hydrogens is 323 g/mol. The first-order valence-corrected chi connectivity index (χ1v) is 7.37. The average Bonchev–Trinajstić information content (AvgIpc) is 2.50. The number of halogens is 4. The summed E-state index contributed by atoms with van der Waals surface area (Å²) in [4.78, 5) is 0. The van der Waals surface area contributed by atoms with Crippen molar-refractivity contribution in [2.75, 3.05) is 0 Å². The maximum absolute atomic E-state index is 13.3. The standard InChI is InChI=1S/C14H11F4O3P/c15-11-5-1-3-9(13(11)17)7-20-22(19)21-8-10-4-2-6-12(16)14(10)18/h1-6,22H,7-8H2. The van der Waals surface area contributed by atoms with Crippen molar-refractivity contribution in [3.63, 3.8) is 0 Å². The summed E-state index contributed by atoms with van der Waals surface area (Å²) in [6.07, 6.45) is 0. The highest BCUT2D eigenvalue weighted by Gasteiger charge is 2.11. The maximum atomic E-state index is 13.3. The Kier molecular flexibility index (Phi) is 5.71. The zero-order chi connectivity index (χ0) is 16.1. The minimum Gasteiger partial charge on any atom is -0.306 e. The molecule has 0 bridgehead atoms. The normalized spacial score (nSPS) is 11.1. The number of hydrogen-bond acceptors (Lipinski definition) is 3. The van der Waals surface area contributed by atoms with Gasteiger partial charge in [0.2, 0.25) is 0 Å². The monoisotopic (exact) mass is 334 g/mol. The van der Waals surface area contributed by atoms with Gasteiger partial charge < -0.3 is 9.05 Å². The quantitative estimate of drug-likeness (QED) is 0.581. The highest BCUT2D eigenvalue weighted by atomic mass is 31.1. The Hall–Kier alpha value is -1.69. The largest absolute Gasteiger partial charge is 0.319 e. The van der Waals surface area contributed by atoms with E-state index in [0.29, 0.717) is 0 Å². The second kappa shape index (κ2) is 7.54. The second-order valence-electron chi connectivity index (χ2n) is 4.25. The van der Waals surface area contributed by atoms with Gasteiger partial charge in [-0.25, -0.2) is 17.6 Å². The van der Waals surface area contributed by atoms with Crippen LogP contribution >= 0.6 is 8.25 Å². The number of hydrogen-bond donors (Lipinski definition) is 0. The molecule has 0 aromatic heterocycles. The van der Waals surface area contributed by atoms with Crippen molar-refractivity contribution in [1.82, 2.24) is 0 Å². The van der Waals surface area contributed by atoms with E-state index in [-0.39, 0.29) is 11.1 Å². The third-order valence-electron chi connectivity index (χ3n) is 2.75. The maximum Gasteiger partial charge on any atom is 0.319 e. The summed E-state index contributed by atoms with van der Waals surface area (Å²) in [7, 11) is -3.07. The molecule has 0 saturated heterocycles. The van der Waals surface area contributed by atoms with E-state index in [1.807, 2.05) is 0 Å². The lowest BCUT2D eigenvalue weighted by atomic mass is 10.2.